The van der Waals surface area contributed by atoms with Gasteiger partial charge in [0.15, 0.2) is 11.5 Å². The maximum absolute atomic E-state index is 12.8. The van der Waals surface area contributed by atoms with Crippen LogP contribution in [0, 0.1) is 6.92 Å². The van der Waals surface area contributed by atoms with Crippen LogP contribution in [0.15, 0.2) is 34.8 Å². The van der Waals surface area contributed by atoms with Gasteiger partial charge < -0.3 is 20.7 Å². The molecule has 1 aliphatic carbocycles. The van der Waals surface area contributed by atoms with Crippen LogP contribution >= 0.6 is 0 Å². The first-order valence-corrected chi connectivity index (χ1v) is 10.5. The second kappa shape index (κ2) is 10.8. The van der Waals surface area contributed by atoms with Gasteiger partial charge in [0.1, 0.15) is 12.3 Å². The van der Waals surface area contributed by atoms with E-state index in [-0.39, 0.29) is 24.0 Å². The number of carbonyl (C=O) groups excluding carboxylic acids is 1. The average molecular weight is 414 g/mol. The highest BCUT2D eigenvalue weighted by Gasteiger charge is 2.22. The van der Waals surface area contributed by atoms with Crippen LogP contribution in [0.3, 0.4) is 0 Å². The van der Waals surface area contributed by atoms with Gasteiger partial charge in [-0.1, -0.05) is 18.6 Å². The van der Waals surface area contributed by atoms with E-state index < -0.39 is 0 Å². The number of ether oxygens (including phenoxy) is 1. The molecule has 0 fully saturated rings. The third-order valence-corrected chi connectivity index (χ3v) is 5.43. The van der Waals surface area contributed by atoms with Crippen molar-refractivity contribution in [1.29, 1.82) is 0 Å². The van der Waals surface area contributed by atoms with E-state index in [1.165, 1.54) is 22.4 Å². The third kappa shape index (κ3) is 5.62. The number of nitrogen functional groups attached to an aromatic ring is 1. The summed E-state index contributed by atoms with van der Waals surface area (Å²) in [5.74, 6) is -0.195. The molecule has 0 saturated heterocycles. The van der Waals surface area contributed by atoms with Gasteiger partial charge in [-0.15, -0.1) is 0 Å². The van der Waals surface area contributed by atoms with Crippen LogP contribution in [0.4, 0.5) is 5.82 Å². The highest BCUT2D eigenvalue weighted by molar-refractivity contribution is 5.96. The summed E-state index contributed by atoms with van der Waals surface area (Å²) >= 11 is 0. The Hall–Kier alpha value is -2.83. The van der Waals surface area contributed by atoms with Crippen LogP contribution in [-0.2, 0) is 11.3 Å². The second-order valence-corrected chi connectivity index (χ2v) is 7.74. The fourth-order valence-electron chi connectivity index (χ4n) is 3.62. The molecule has 164 valence electrons. The number of carbonyl (C=O) groups is 1. The molecule has 0 saturated carbocycles. The van der Waals surface area contributed by atoms with E-state index >= 15 is 0 Å². The molecule has 0 aliphatic heterocycles. The molecule has 0 aromatic carbocycles. The number of nitrogens with zero attached hydrogens (tertiary/aromatic N) is 3. The molecule has 0 bridgehead atoms. The van der Waals surface area contributed by atoms with E-state index in [4.69, 9.17) is 10.5 Å². The molecule has 0 atom stereocenters. The molecule has 2 rings (SSSR count). The molecule has 7 nitrogen and oxygen atoms in total. The quantitative estimate of drug-likeness (QED) is 0.597. The van der Waals surface area contributed by atoms with Crippen molar-refractivity contribution in [2.24, 2.45) is 0 Å². The first-order chi connectivity index (χ1) is 14.3. The Bertz CT molecular complexity index is 869. The SMILES string of the molecule is C/C=C\OCc1nc(N)c(C(=O)NC/C(C2=C(N(C)C)CCC2)=C(/C)CC)nc1C. The lowest BCUT2D eigenvalue weighted by Crippen LogP contribution is -2.29. The number of rotatable bonds is 9. The Balaban J connectivity index is 2.20. The minimum atomic E-state index is -0.310. The van der Waals surface area contributed by atoms with Crippen LogP contribution in [0.5, 0.6) is 0 Å². The van der Waals surface area contributed by atoms with E-state index in [0.717, 1.165) is 25.7 Å². The molecule has 1 amide bonds. The number of aromatic nitrogens is 2. The summed E-state index contributed by atoms with van der Waals surface area (Å²) in [4.78, 5) is 23.8. The molecule has 0 radical (unpaired) electrons. The Morgan fingerprint density at radius 3 is 2.67 bits per heavy atom. The number of hydrogen-bond donors (Lipinski definition) is 2. The molecule has 3 N–H and O–H groups in total. The van der Waals surface area contributed by atoms with Gasteiger partial charge in [-0.25, -0.2) is 9.97 Å². The van der Waals surface area contributed by atoms with Gasteiger partial charge in [0.25, 0.3) is 5.91 Å². The number of nitrogens with two attached hydrogens (primary N) is 1. The van der Waals surface area contributed by atoms with E-state index in [1.54, 1.807) is 19.3 Å². The molecule has 0 spiro atoms. The maximum atomic E-state index is 12.8. The fourth-order valence-corrected chi connectivity index (χ4v) is 3.62. The highest BCUT2D eigenvalue weighted by atomic mass is 16.5. The fraction of sp³-hybridized carbons (Fsp3) is 0.522. The third-order valence-electron chi connectivity index (χ3n) is 5.43. The molecular formula is C23H35N5O2. The van der Waals surface area contributed by atoms with Crippen molar-refractivity contribution >= 4 is 11.7 Å². The zero-order valence-corrected chi connectivity index (χ0v) is 19.1. The van der Waals surface area contributed by atoms with Crippen molar-refractivity contribution in [2.75, 3.05) is 26.4 Å². The monoisotopic (exact) mass is 413 g/mol. The number of aryl methyl sites for hydroxylation is 1. The Morgan fingerprint density at radius 2 is 2.03 bits per heavy atom. The summed E-state index contributed by atoms with van der Waals surface area (Å²) in [5, 5.41) is 3.02. The molecule has 30 heavy (non-hydrogen) atoms. The van der Waals surface area contributed by atoms with Gasteiger partial charge in [0, 0.05) is 26.3 Å². The summed E-state index contributed by atoms with van der Waals surface area (Å²) in [7, 11) is 4.16. The smallest absolute Gasteiger partial charge is 0.273 e. The van der Waals surface area contributed by atoms with E-state index in [1.807, 2.05) is 6.92 Å². The van der Waals surface area contributed by atoms with E-state index in [2.05, 4.69) is 48.1 Å². The van der Waals surface area contributed by atoms with Crippen LogP contribution < -0.4 is 11.1 Å². The van der Waals surface area contributed by atoms with Crippen LogP contribution in [0.25, 0.3) is 0 Å². The average Bonchev–Trinajstić information content (AvgIpc) is 3.20. The lowest BCUT2D eigenvalue weighted by Gasteiger charge is -2.21. The first kappa shape index (κ1) is 23.4. The molecular weight excluding hydrogens is 378 g/mol. The second-order valence-electron chi connectivity index (χ2n) is 7.74. The summed E-state index contributed by atoms with van der Waals surface area (Å²) in [6, 6.07) is 0. The summed E-state index contributed by atoms with van der Waals surface area (Å²) in [6.07, 6.45) is 7.58. The minimum absolute atomic E-state index is 0.115. The molecule has 1 aliphatic rings. The van der Waals surface area contributed by atoms with Crippen molar-refractivity contribution in [2.45, 2.75) is 60.0 Å². The van der Waals surface area contributed by atoms with Gasteiger partial charge in [0.2, 0.25) is 0 Å². The van der Waals surface area contributed by atoms with Crippen molar-refractivity contribution in [3.63, 3.8) is 0 Å². The van der Waals surface area contributed by atoms with Crippen LogP contribution in [0.1, 0.15) is 68.3 Å². The van der Waals surface area contributed by atoms with Crippen LogP contribution in [0.2, 0.25) is 0 Å². The van der Waals surface area contributed by atoms with Gasteiger partial charge in [-0.3, -0.25) is 4.79 Å². The summed E-state index contributed by atoms with van der Waals surface area (Å²) < 4.78 is 5.35. The largest absolute Gasteiger partial charge is 0.495 e. The predicted octanol–water partition coefficient (Wildman–Crippen LogP) is 3.87. The van der Waals surface area contributed by atoms with Gasteiger partial charge in [0.05, 0.1) is 12.0 Å². The van der Waals surface area contributed by atoms with Gasteiger partial charge in [-0.2, -0.15) is 0 Å². The summed E-state index contributed by atoms with van der Waals surface area (Å²) in [5.41, 5.74) is 12.7. The van der Waals surface area contributed by atoms with Crippen LogP contribution in [-0.4, -0.2) is 41.4 Å². The number of hydrogen-bond acceptors (Lipinski definition) is 6. The van der Waals surface area contributed by atoms with Crippen molar-refractivity contribution in [3.05, 3.63) is 51.8 Å². The minimum Gasteiger partial charge on any atom is -0.495 e. The Labute approximate surface area is 180 Å². The maximum Gasteiger partial charge on any atom is 0.273 e. The normalized spacial score (nSPS) is 14.9. The predicted molar refractivity (Wildman–Crippen MR) is 121 cm³/mol. The number of allylic oxidation sites excluding steroid dienone is 3. The lowest BCUT2D eigenvalue weighted by molar-refractivity contribution is 0.0952. The zero-order chi connectivity index (χ0) is 22.3. The van der Waals surface area contributed by atoms with Gasteiger partial charge >= 0.3 is 0 Å². The van der Waals surface area contributed by atoms with Gasteiger partial charge in [-0.05, 0) is 57.6 Å². The molecule has 1 heterocycles. The number of amides is 1. The van der Waals surface area contributed by atoms with Crippen molar-refractivity contribution in [1.82, 2.24) is 20.2 Å². The molecule has 0 unspecified atom stereocenters. The topological polar surface area (TPSA) is 93.4 Å². The van der Waals surface area contributed by atoms with E-state index in [0.29, 0.717) is 17.9 Å². The van der Waals surface area contributed by atoms with Crippen molar-refractivity contribution < 1.29 is 9.53 Å². The van der Waals surface area contributed by atoms with E-state index in [9.17, 15) is 4.79 Å². The Kier molecular flexibility index (Phi) is 8.45. The zero-order valence-electron chi connectivity index (χ0n) is 19.1. The number of nitrogens with one attached hydrogen (secondary N) is 1. The molecule has 7 heteroatoms. The lowest BCUT2D eigenvalue weighted by atomic mass is 9.97. The molecule has 1 aromatic rings. The first-order valence-electron chi connectivity index (χ1n) is 10.5. The Morgan fingerprint density at radius 1 is 1.30 bits per heavy atom. The number of anilines is 1. The molecule has 1 aromatic heterocycles. The standard InChI is InChI=1S/C23H35N5O2/c1-7-12-30-14-19-16(4)26-21(22(24)27-19)23(29)25-13-18(15(3)8-2)17-10-9-11-20(17)28(5)6/h7,12H,8-11,13-14H2,1-6H3,(H2,24,27)(H,25,29)/b12-7-,18-15+. The highest BCUT2D eigenvalue weighted by Crippen LogP contribution is 2.34. The van der Waals surface area contributed by atoms with Crippen molar-refractivity contribution in [3.8, 4) is 0 Å². The summed E-state index contributed by atoms with van der Waals surface area (Å²) in [6.45, 7) is 8.67.